The minimum atomic E-state index is 0.953. The minimum Gasteiger partial charge on any atom is -0.0620 e. The molecule has 3 atom stereocenters. The van der Waals surface area contributed by atoms with E-state index in [0.29, 0.717) is 0 Å². The topological polar surface area (TPSA) is 0 Å². The first-order valence-corrected chi connectivity index (χ1v) is 3.71. The predicted molar refractivity (Wildman–Crippen MR) is 34.3 cm³/mol. The van der Waals surface area contributed by atoms with Gasteiger partial charge in [0.05, 0.1) is 0 Å². The van der Waals surface area contributed by atoms with Crippen LogP contribution in [0, 0.1) is 24.2 Å². The van der Waals surface area contributed by atoms with E-state index in [1.54, 1.807) is 0 Å². The van der Waals surface area contributed by atoms with Crippen LogP contribution in [0.25, 0.3) is 0 Å². The molecule has 0 heterocycles. The molecule has 2 aliphatic carbocycles. The first kappa shape index (κ1) is 4.84. The molecule has 0 nitrogen and oxygen atoms in total. The van der Waals surface area contributed by atoms with Crippen LogP contribution in [0.15, 0.2) is 0 Å². The normalized spacial score (nSPS) is 52.9. The average Bonchev–Trinajstić information content (AvgIpc) is 2.23. The second-order valence-corrected chi connectivity index (χ2v) is 3.38. The van der Waals surface area contributed by atoms with Crippen LogP contribution in [0.5, 0.6) is 0 Å². The Hall–Kier alpha value is 0. The molecule has 2 rings (SSSR count). The largest absolute Gasteiger partial charge is 0.0620 e. The highest BCUT2D eigenvalue weighted by Crippen LogP contribution is 2.47. The Bertz CT molecular complexity index is 94.2. The lowest BCUT2D eigenvalue weighted by atomic mass is 9.91. The maximum Gasteiger partial charge on any atom is -0.0324 e. The van der Waals surface area contributed by atoms with Gasteiger partial charge in [0, 0.05) is 0 Å². The number of rotatable bonds is 0. The first-order chi connectivity index (χ1) is 3.86. The molecule has 2 unspecified atom stereocenters. The highest BCUT2D eigenvalue weighted by atomic mass is 14.4. The van der Waals surface area contributed by atoms with Gasteiger partial charge in [0.2, 0.25) is 0 Å². The summed E-state index contributed by atoms with van der Waals surface area (Å²) in [6.07, 6.45) is 7.08. The Kier molecular flexibility index (Phi) is 0.902. The quantitative estimate of drug-likeness (QED) is 0.447. The van der Waals surface area contributed by atoms with Crippen LogP contribution in [0.1, 0.15) is 26.2 Å². The molecule has 2 fully saturated rings. The summed E-state index contributed by atoms with van der Waals surface area (Å²) < 4.78 is 0. The van der Waals surface area contributed by atoms with E-state index in [-0.39, 0.29) is 0 Å². The summed E-state index contributed by atoms with van der Waals surface area (Å²) in [6, 6.07) is 0. The standard InChI is InChI=1S/C8H13/c1-6-4-7-2-3-8(6)5-7/h4,6-8H,2-3,5H2,1H3/t6-,7?,8?/m0/s1. The van der Waals surface area contributed by atoms with Crippen LogP contribution in [0.3, 0.4) is 0 Å². The van der Waals surface area contributed by atoms with Gasteiger partial charge in [-0.2, -0.15) is 0 Å². The van der Waals surface area contributed by atoms with Crippen molar-refractivity contribution in [3.63, 3.8) is 0 Å². The zero-order valence-corrected chi connectivity index (χ0v) is 5.43. The lowest BCUT2D eigenvalue weighted by Gasteiger charge is -2.15. The summed E-state index contributed by atoms with van der Waals surface area (Å²) in [5, 5.41) is 0. The van der Waals surface area contributed by atoms with E-state index in [1.165, 1.54) is 19.3 Å². The van der Waals surface area contributed by atoms with Gasteiger partial charge in [0.25, 0.3) is 0 Å². The fourth-order valence-corrected chi connectivity index (χ4v) is 2.29. The number of fused-ring (bicyclic) bond motifs is 2. The monoisotopic (exact) mass is 109 g/mol. The Morgan fingerprint density at radius 2 is 2.25 bits per heavy atom. The van der Waals surface area contributed by atoms with Crippen LogP contribution < -0.4 is 0 Å². The SMILES string of the molecule is C[C@H]1[CH]C2CCC1C2. The van der Waals surface area contributed by atoms with E-state index in [1.807, 2.05) is 0 Å². The van der Waals surface area contributed by atoms with Gasteiger partial charge >= 0.3 is 0 Å². The van der Waals surface area contributed by atoms with E-state index in [4.69, 9.17) is 0 Å². The summed E-state index contributed by atoms with van der Waals surface area (Å²) >= 11 is 0. The molecular formula is C8H13. The summed E-state index contributed by atoms with van der Waals surface area (Å²) in [4.78, 5) is 0. The predicted octanol–water partition coefficient (Wildman–Crippen LogP) is 2.26. The maximum absolute atomic E-state index is 2.55. The van der Waals surface area contributed by atoms with Crippen molar-refractivity contribution in [2.75, 3.05) is 0 Å². The van der Waals surface area contributed by atoms with Gasteiger partial charge in [-0.3, -0.25) is 0 Å². The Morgan fingerprint density at radius 1 is 1.38 bits per heavy atom. The van der Waals surface area contributed by atoms with Gasteiger partial charge in [-0.25, -0.2) is 0 Å². The van der Waals surface area contributed by atoms with Crippen molar-refractivity contribution in [3.05, 3.63) is 6.42 Å². The van der Waals surface area contributed by atoms with E-state index >= 15 is 0 Å². The third-order valence-electron chi connectivity index (χ3n) is 2.83. The third kappa shape index (κ3) is 0.519. The molecule has 45 valence electrons. The third-order valence-corrected chi connectivity index (χ3v) is 2.83. The minimum absolute atomic E-state index is 0.953. The molecule has 1 radical (unpaired) electrons. The van der Waals surface area contributed by atoms with Gasteiger partial charge in [0.1, 0.15) is 0 Å². The molecule has 8 heavy (non-hydrogen) atoms. The van der Waals surface area contributed by atoms with Gasteiger partial charge in [0.15, 0.2) is 0 Å². The van der Waals surface area contributed by atoms with Gasteiger partial charge in [-0.05, 0) is 43.4 Å². The molecule has 0 aromatic heterocycles. The van der Waals surface area contributed by atoms with E-state index in [9.17, 15) is 0 Å². The Balaban J connectivity index is 2.11. The first-order valence-electron chi connectivity index (χ1n) is 3.71. The van der Waals surface area contributed by atoms with Crippen molar-refractivity contribution >= 4 is 0 Å². The average molecular weight is 109 g/mol. The summed E-state index contributed by atoms with van der Waals surface area (Å²) in [6.45, 7) is 2.36. The van der Waals surface area contributed by atoms with Crippen LogP contribution in [-0.2, 0) is 0 Å². The fourth-order valence-electron chi connectivity index (χ4n) is 2.29. The number of hydrogen-bond acceptors (Lipinski definition) is 0. The molecule has 0 aromatic carbocycles. The summed E-state index contributed by atoms with van der Waals surface area (Å²) in [5.74, 6) is 3.06. The lowest BCUT2D eigenvalue weighted by Crippen LogP contribution is -2.05. The molecule has 0 spiro atoms. The maximum atomic E-state index is 2.55. The van der Waals surface area contributed by atoms with E-state index in [2.05, 4.69) is 13.3 Å². The molecule has 0 aromatic rings. The summed E-state index contributed by atoms with van der Waals surface area (Å²) in [5.41, 5.74) is 0. The van der Waals surface area contributed by atoms with Crippen LogP contribution >= 0.6 is 0 Å². The van der Waals surface area contributed by atoms with Crippen LogP contribution in [0.2, 0.25) is 0 Å². The molecule has 2 bridgehead atoms. The molecule has 0 aliphatic heterocycles. The molecule has 0 saturated heterocycles. The molecule has 0 amide bonds. The highest BCUT2D eigenvalue weighted by Gasteiger charge is 2.36. The van der Waals surface area contributed by atoms with Gasteiger partial charge in [-0.15, -0.1) is 0 Å². The molecule has 0 N–H and O–H groups in total. The van der Waals surface area contributed by atoms with Crippen molar-refractivity contribution in [2.24, 2.45) is 17.8 Å². The number of hydrogen-bond donors (Lipinski definition) is 0. The van der Waals surface area contributed by atoms with Crippen molar-refractivity contribution in [1.29, 1.82) is 0 Å². The van der Waals surface area contributed by atoms with Crippen LogP contribution in [-0.4, -0.2) is 0 Å². The zero-order chi connectivity index (χ0) is 5.56. The van der Waals surface area contributed by atoms with Crippen molar-refractivity contribution in [1.82, 2.24) is 0 Å². The van der Waals surface area contributed by atoms with Crippen molar-refractivity contribution < 1.29 is 0 Å². The Labute approximate surface area is 51.3 Å². The Morgan fingerprint density at radius 3 is 2.50 bits per heavy atom. The van der Waals surface area contributed by atoms with E-state index < -0.39 is 0 Å². The molecule has 2 aliphatic rings. The van der Waals surface area contributed by atoms with Crippen molar-refractivity contribution in [3.8, 4) is 0 Å². The van der Waals surface area contributed by atoms with Gasteiger partial charge in [-0.1, -0.05) is 6.92 Å². The van der Waals surface area contributed by atoms with Gasteiger partial charge < -0.3 is 0 Å². The second kappa shape index (κ2) is 1.49. The second-order valence-electron chi connectivity index (χ2n) is 3.38. The molecular weight excluding hydrogens is 96.1 g/mol. The molecule has 0 heteroatoms. The lowest BCUT2D eigenvalue weighted by molar-refractivity contribution is 0.430. The summed E-state index contributed by atoms with van der Waals surface area (Å²) in [7, 11) is 0. The smallest absolute Gasteiger partial charge is 0.0324 e. The zero-order valence-electron chi connectivity index (χ0n) is 5.43. The fraction of sp³-hybridized carbons (Fsp3) is 0.875. The van der Waals surface area contributed by atoms with Crippen LogP contribution in [0.4, 0.5) is 0 Å². The van der Waals surface area contributed by atoms with E-state index in [0.717, 1.165) is 17.8 Å². The highest BCUT2D eigenvalue weighted by molar-refractivity contribution is 4.99. The van der Waals surface area contributed by atoms with Crippen molar-refractivity contribution in [2.45, 2.75) is 26.2 Å². The molecule has 2 saturated carbocycles.